The fraction of sp³-hybridized carbons (Fsp3) is 0. The molecule has 0 radical (unpaired) electrons. The molecule has 2 N–H and O–H groups in total. The summed E-state index contributed by atoms with van der Waals surface area (Å²) in [5, 5.41) is 0. The molecule has 0 saturated heterocycles. The fourth-order valence-corrected chi connectivity index (χ4v) is 0. The SMILES string of the molecule is O=[Si](O)O.[H-].[Na+]. The van der Waals surface area contributed by atoms with Crippen LogP contribution in [0.15, 0.2) is 0 Å². The van der Waals surface area contributed by atoms with Gasteiger partial charge in [-0.25, -0.2) is 0 Å². The van der Waals surface area contributed by atoms with Crippen molar-refractivity contribution < 1.29 is 45.0 Å². The molecule has 0 atom stereocenters. The van der Waals surface area contributed by atoms with Crippen LogP contribution in [0.25, 0.3) is 0 Å². The monoisotopic (exact) mass is 102 g/mol. The fourth-order valence-electron chi connectivity index (χ4n) is 0. The summed E-state index contributed by atoms with van der Waals surface area (Å²) < 4.78 is 8.74. The van der Waals surface area contributed by atoms with Gasteiger partial charge in [-0.2, -0.15) is 0 Å². The summed E-state index contributed by atoms with van der Waals surface area (Å²) >= 11 is 0. The van der Waals surface area contributed by atoms with Crippen molar-refractivity contribution >= 4 is 9.17 Å². The molecule has 0 fully saturated rings. The van der Waals surface area contributed by atoms with E-state index in [2.05, 4.69) is 0 Å². The topological polar surface area (TPSA) is 57.5 Å². The van der Waals surface area contributed by atoms with Gasteiger partial charge in [0.1, 0.15) is 0 Å². The molecule has 0 aliphatic heterocycles. The third kappa shape index (κ3) is 83.1. The molecule has 3 nitrogen and oxygen atoms in total. The Labute approximate surface area is 54.3 Å². The van der Waals surface area contributed by atoms with Crippen LogP contribution in [0.1, 0.15) is 1.43 Å². The molecule has 0 rings (SSSR count). The standard InChI is InChI=1S/Na.H2O3Si.H/c;1-4(2)3;/h;1-2H;/q+1;;-1. The van der Waals surface area contributed by atoms with E-state index in [1.54, 1.807) is 0 Å². The molecular weight excluding hydrogens is 99.1 g/mol. The molecule has 5 heavy (non-hydrogen) atoms. The molecule has 0 aromatic carbocycles. The van der Waals surface area contributed by atoms with Crippen molar-refractivity contribution in [1.29, 1.82) is 0 Å². The Bertz CT molecular complexity index is 33.8. The second-order valence-electron chi connectivity index (χ2n) is 0.283. The van der Waals surface area contributed by atoms with Crippen LogP contribution in [0, 0.1) is 0 Å². The largest absolute Gasteiger partial charge is 1.00 e. The van der Waals surface area contributed by atoms with Crippen LogP contribution in [0.5, 0.6) is 0 Å². The molecule has 0 bridgehead atoms. The smallest absolute Gasteiger partial charge is 1.00 e. The molecule has 0 saturated carbocycles. The van der Waals surface area contributed by atoms with E-state index in [9.17, 15) is 0 Å². The Balaban J connectivity index is -0.0000000450. The predicted molar refractivity (Wildman–Crippen MR) is 12.0 cm³/mol. The maximum atomic E-state index is 8.74. The van der Waals surface area contributed by atoms with Crippen LogP contribution < -0.4 is 29.6 Å². The first-order chi connectivity index (χ1) is 1.73. The number of hydrogen-bond acceptors (Lipinski definition) is 1. The Morgan fingerprint density at radius 1 is 1.60 bits per heavy atom. The molecular formula is H3NaO3Si. The van der Waals surface area contributed by atoms with Crippen LogP contribution in [0.4, 0.5) is 0 Å². The maximum absolute atomic E-state index is 8.74. The third-order valence-electron chi connectivity index (χ3n) is 0. The zero-order chi connectivity index (χ0) is 3.58. The number of hydrogen-bond donors (Lipinski definition) is 2. The van der Waals surface area contributed by atoms with Gasteiger partial charge in [0.05, 0.1) is 0 Å². The summed E-state index contributed by atoms with van der Waals surface area (Å²) in [6.07, 6.45) is 0. The van der Waals surface area contributed by atoms with Crippen LogP contribution in [0.3, 0.4) is 0 Å². The van der Waals surface area contributed by atoms with Gasteiger partial charge in [0.15, 0.2) is 0 Å². The Morgan fingerprint density at radius 2 is 1.60 bits per heavy atom. The molecule has 0 aromatic rings. The summed E-state index contributed by atoms with van der Waals surface area (Å²) in [6.45, 7) is 0. The molecule has 0 unspecified atom stereocenters. The van der Waals surface area contributed by atoms with E-state index >= 15 is 0 Å². The second kappa shape index (κ2) is 4.62. The van der Waals surface area contributed by atoms with E-state index in [0.29, 0.717) is 0 Å². The average Bonchev–Trinajstić information content (AvgIpc) is 0.811. The van der Waals surface area contributed by atoms with Crippen LogP contribution in [-0.4, -0.2) is 18.8 Å². The van der Waals surface area contributed by atoms with Crippen molar-refractivity contribution in [3.63, 3.8) is 0 Å². The van der Waals surface area contributed by atoms with E-state index in [0.717, 1.165) is 0 Å². The third-order valence-corrected chi connectivity index (χ3v) is 0. The summed E-state index contributed by atoms with van der Waals surface area (Å²) in [7, 11) is -3.13. The van der Waals surface area contributed by atoms with Crippen LogP contribution in [0.2, 0.25) is 0 Å². The van der Waals surface area contributed by atoms with E-state index in [-0.39, 0.29) is 31.0 Å². The molecule has 0 aliphatic rings. The minimum atomic E-state index is -3.13. The van der Waals surface area contributed by atoms with Crippen molar-refractivity contribution in [3.8, 4) is 0 Å². The quantitative estimate of drug-likeness (QED) is 0.303. The maximum Gasteiger partial charge on any atom is 1.00 e. The summed E-state index contributed by atoms with van der Waals surface area (Å²) in [5.74, 6) is 0. The normalized spacial score (nSPS) is 4.80. The molecule has 0 aromatic heterocycles. The molecule has 5 heteroatoms. The minimum Gasteiger partial charge on any atom is -1.00 e. The Kier molecular flexibility index (Phi) is 8.45. The van der Waals surface area contributed by atoms with Crippen LogP contribution in [-0.2, 0) is 4.46 Å². The number of rotatable bonds is 0. The minimum absolute atomic E-state index is 0. The van der Waals surface area contributed by atoms with Gasteiger partial charge in [-0.1, -0.05) is 0 Å². The van der Waals surface area contributed by atoms with Crippen molar-refractivity contribution in [2.45, 2.75) is 0 Å². The van der Waals surface area contributed by atoms with Gasteiger partial charge < -0.3 is 11.0 Å². The molecule has 0 amide bonds. The van der Waals surface area contributed by atoms with Crippen molar-refractivity contribution in [1.82, 2.24) is 0 Å². The van der Waals surface area contributed by atoms with Gasteiger partial charge in [0, 0.05) is 0 Å². The predicted octanol–water partition coefficient (Wildman–Crippen LogP) is -4.50. The zero-order valence-corrected chi connectivity index (χ0v) is 5.80. The zero-order valence-electron chi connectivity index (χ0n) is 3.80. The molecule has 0 aliphatic carbocycles. The first kappa shape index (κ1) is 9.15. The first-order valence-corrected chi connectivity index (χ1v) is 1.95. The molecule has 0 spiro atoms. The van der Waals surface area contributed by atoms with Crippen molar-refractivity contribution in [2.24, 2.45) is 0 Å². The van der Waals surface area contributed by atoms with Gasteiger partial charge in [-0.05, 0) is 0 Å². The van der Waals surface area contributed by atoms with E-state index in [1.165, 1.54) is 0 Å². The first-order valence-electron chi connectivity index (χ1n) is 0.651. The van der Waals surface area contributed by atoms with Gasteiger partial charge in [-0.3, -0.25) is 4.46 Å². The Hall–Kier alpha value is 0.617. The van der Waals surface area contributed by atoms with Crippen molar-refractivity contribution in [2.75, 3.05) is 0 Å². The summed E-state index contributed by atoms with van der Waals surface area (Å²) in [4.78, 5) is 14.3. The van der Waals surface area contributed by atoms with Gasteiger partial charge in [0.25, 0.3) is 0 Å². The van der Waals surface area contributed by atoms with E-state index in [4.69, 9.17) is 14.1 Å². The van der Waals surface area contributed by atoms with Gasteiger partial charge >= 0.3 is 38.7 Å². The summed E-state index contributed by atoms with van der Waals surface area (Å²) in [5.41, 5.74) is 0. The van der Waals surface area contributed by atoms with Crippen LogP contribution >= 0.6 is 0 Å². The van der Waals surface area contributed by atoms with E-state index < -0.39 is 9.17 Å². The molecule has 26 valence electrons. The van der Waals surface area contributed by atoms with Gasteiger partial charge in [-0.15, -0.1) is 0 Å². The van der Waals surface area contributed by atoms with Gasteiger partial charge in [0.2, 0.25) is 0 Å². The second-order valence-corrected chi connectivity index (χ2v) is 0.848. The van der Waals surface area contributed by atoms with Crippen molar-refractivity contribution in [3.05, 3.63) is 0 Å². The van der Waals surface area contributed by atoms with E-state index in [1.807, 2.05) is 0 Å². The average molecular weight is 102 g/mol. The summed E-state index contributed by atoms with van der Waals surface area (Å²) in [6, 6.07) is 0. The molecule has 0 heterocycles. The Morgan fingerprint density at radius 3 is 1.60 bits per heavy atom.